The van der Waals surface area contributed by atoms with E-state index in [-0.39, 0.29) is 0 Å². The molecular weight excluding hydrogens is 246 g/mol. The summed E-state index contributed by atoms with van der Waals surface area (Å²) in [5, 5.41) is 11.7. The molecule has 0 aromatic heterocycles. The molecule has 19 heavy (non-hydrogen) atoms. The molecule has 0 unspecified atom stereocenters. The van der Waals surface area contributed by atoms with Crippen LogP contribution in [0.1, 0.15) is 46.5 Å². The maximum absolute atomic E-state index is 11.6. The third kappa shape index (κ3) is 3.61. The number of nitrogens with one attached hydrogen (secondary N) is 1. The number of ether oxygens (including phenoxy) is 1. The number of aliphatic carboxylic acids is 1. The second-order valence-electron chi connectivity index (χ2n) is 6.70. The Balaban J connectivity index is 1.83. The van der Waals surface area contributed by atoms with E-state index in [1.165, 1.54) is 19.3 Å². The molecular formula is C14H23NO4. The SMILES string of the molecule is CC(C)(C)OC(=O)N[C@@H](C[C@@H]1[C@@H]2CCC[C@@H]21)C(=O)O. The first-order valence-corrected chi connectivity index (χ1v) is 7.00. The van der Waals surface area contributed by atoms with Crippen LogP contribution in [0.2, 0.25) is 0 Å². The summed E-state index contributed by atoms with van der Waals surface area (Å²) in [4.78, 5) is 22.8. The van der Waals surface area contributed by atoms with Gasteiger partial charge in [-0.1, -0.05) is 6.42 Å². The summed E-state index contributed by atoms with van der Waals surface area (Å²) in [6.45, 7) is 5.27. The molecule has 2 saturated carbocycles. The van der Waals surface area contributed by atoms with Crippen molar-refractivity contribution in [1.29, 1.82) is 0 Å². The lowest BCUT2D eigenvalue weighted by Gasteiger charge is -2.22. The molecule has 0 aromatic carbocycles. The van der Waals surface area contributed by atoms with Gasteiger partial charge in [0.1, 0.15) is 11.6 Å². The summed E-state index contributed by atoms with van der Waals surface area (Å²) >= 11 is 0. The van der Waals surface area contributed by atoms with Gasteiger partial charge < -0.3 is 15.2 Å². The summed E-state index contributed by atoms with van der Waals surface area (Å²) in [6, 6.07) is -0.828. The van der Waals surface area contributed by atoms with Crippen molar-refractivity contribution in [3.05, 3.63) is 0 Å². The maximum Gasteiger partial charge on any atom is 0.408 e. The summed E-state index contributed by atoms with van der Waals surface area (Å²) in [7, 11) is 0. The fourth-order valence-electron chi connectivity index (χ4n) is 3.26. The average molecular weight is 269 g/mol. The Hall–Kier alpha value is -1.26. The molecule has 2 N–H and O–H groups in total. The molecule has 0 aliphatic heterocycles. The molecule has 0 spiro atoms. The quantitative estimate of drug-likeness (QED) is 0.821. The minimum absolute atomic E-state index is 0.477. The monoisotopic (exact) mass is 269 g/mol. The van der Waals surface area contributed by atoms with E-state index in [2.05, 4.69) is 5.32 Å². The molecule has 5 nitrogen and oxygen atoms in total. The van der Waals surface area contributed by atoms with Gasteiger partial charge in [-0.25, -0.2) is 9.59 Å². The van der Waals surface area contributed by atoms with Crippen molar-refractivity contribution in [2.45, 2.75) is 58.1 Å². The van der Waals surface area contributed by atoms with E-state index in [1.54, 1.807) is 20.8 Å². The summed E-state index contributed by atoms with van der Waals surface area (Å²) in [5.41, 5.74) is -0.608. The molecule has 5 heteroatoms. The van der Waals surface area contributed by atoms with Crippen LogP contribution in [0.25, 0.3) is 0 Å². The van der Waals surface area contributed by atoms with Crippen molar-refractivity contribution in [1.82, 2.24) is 5.32 Å². The maximum atomic E-state index is 11.6. The van der Waals surface area contributed by atoms with Crippen LogP contribution in [0.4, 0.5) is 4.79 Å². The van der Waals surface area contributed by atoms with Gasteiger partial charge >= 0.3 is 12.1 Å². The number of carboxylic acid groups (broad SMARTS) is 1. The van der Waals surface area contributed by atoms with E-state index in [4.69, 9.17) is 4.74 Å². The van der Waals surface area contributed by atoms with E-state index in [0.717, 1.165) is 0 Å². The molecule has 2 rings (SSSR count). The number of amides is 1. The van der Waals surface area contributed by atoms with Gasteiger partial charge in [-0.2, -0.15) is 0 Å². The smallest absolute Gasteiger partial charge is 0.408 e. The Morgan fingerprint density at radius 1 is 1.32 bits per heavy atom. The molecule has 0 aromatic rings. The van der Waals surface area contributed by atoms with Crippen LogP contribution in [0.15, 0.2) is 0 Å². The van der Waals surface area contributed by atoms with E-state index in [1.807, 2.05) is 0 Å². The highest BCUT2D eigenvalue weighted by atomic mass is 16.6. The highest BCUT2D eigenvalue weighted by Gasteiger charge is 2.53. The number of carbonyl (C=O) groups excluding carboxylic acids is 1. The second-order valence-corrected chi connectivity index (χ2v) is 6.70. The van der Waals surface area contributed by atoms with E-state index in [9.17, 15) is 14.7 Å². The number of hydrogen-bond acceptors (Lipinski definition) is 3. The van der Waals surface area contributed by atoms with Crippen molar-refractivity contribution in [2.75, 3.05) is 0 Å². The Kier molecular flexibility index (Phi) is 3.74. The third-order valence-electron chi connectivity index (χ3n) is 4.08. The minimum atomic E-state index is -0.976. The summed E-state index contributed by atoms with van der Waals surface area (Å²) in [6.07, 6.45) is 3.58. The molecule has 2 aliphatic rings. The highest BCUT2D eigenvalue weighted by Crippen LogP contribution is 2.59. The van der Waals surface area contributed by atoms with Crippen LogP contribution in [0.5, 0.6) is 0 Å². The van der Waals surface area contributed by atoms with Crippen molar-refractivity contribution in [2.24, 2.45) is 17.8 Å². The minimum Gasteiger partial charge on any atom is -0.480 e. The number of fused-ring (bicyclic) bond motifs is 1. The van der Waals surface area contributed by atoms with Crippen molar-refractivity contribution in [3.63, 3.8) is 0 Å². The average Bonchev–Trinajstić information content (AvgIpc) is 2.70. The number of rotatable bonds is 4. The zero-order chi connectivity index (χ0) is 14.2. The lowest BCUT2D eigenvalue weighted by molar-refractivity contribution is -0.139. The van der Waals surface area contributed by atoms with Crippen LogP contribution in [0, 0.1) is 17.8 Å². The summed E-state index contributed by atoms with van der Waals surface area (Å²) < 4.78 is 5.10. The standard InChI is InChI=1S/C14H23NO4/c1-14(2,3)19-13(18)15-11(12(16)17)7-10-8-5-4-6-9(8)10/h8-11H,4-7H2,1-3H3,(H,15,18)(H,16,17)/t8-,9+,10-,11-/m0/s1. The van der Waals surface area contributed by atoms with Crippen LogP contribution in [-0.2, 0) is 9.53 Å². The van der Waals surface area contributed by atoms with Crippen LogP contribution in [0.3, 0.4) is 0 Å². The van der Waals surface area contributed by atoms with Crippen LogP contribution in [-0.4, -0.2) is 28.8 Å². The van der Waals surface area contributed by atoms with Gasteiger partial charge in [0.15, 0.2) is 0 Å². The Morgan fingerprint density at radius 2 is 1.89 bits per heavy atom. The van der Waals surface area contributed by atoms with Gasteiger partial charge in [-0.05, 0) is 57.8 Å². The Bertz CT molecular complexity index is 364. The molecule has 108 valence electrons. The first-order chi connectivity index (χ1) is 8.78. The van der Waals surface area contributed by atoms with Gasteiger partial charge in [0, 0.05) is 0 Å². The lowest BCUT2D eigenvalue weighted by Crippen LogP contribution is -2.43. The predicted molar refractivity (Wildman–Crippen MR) is 69.7 cm³/mol. The van der Waals surface area contributed by atoms with Gasteiger partial charge in [0.2, 0.25) is 0 Å². The molecule has 1 amide bonds. The van der Waals surface area contributed by atoms with Gasteiger partial charge in [-0.3, -0.25) is 0 Å². The number of carbonyl (C=O) groups is 2. The zero-order valence-electron chi connectivity index (χ0n) is 11.8. The molecule has 4 atom stereocenters. The molecule has 0 saturated heterocycles. The van der Waals surface area contributed by atoms with Crippen molar-refractivity contribution in [3.8, 4) is 0 Å². The van der Waals surface area contributed by atoms with Crippen LogP contribution < -0.4 is 5.32 Å². The Morgan fingerprint density at radius 3 is 2.37 bits per heavy atom. The largest absolute Gasteiger partial charge is 0.480 e. The Labute approximate surface area is 113 Å². The van der Waals surface area contributed by atoms with E-state index >= 15 is 0 Å². The summed E-state index contributed by atoms with van der Waals surface area (Å²) in [5.74, 6) is 0.894. The van der Waals surface area contributed by atoms with E-state index in [0.29, 0.717) is 24.2 Å². The molecule has 2 aliphatic carbocycles. The molecule has 0 heterocycles. The van der Waals surface area contributed by atoms with E-state index < -0.39 is 23.7 Å². The van der Waals surface area contributed by atoms with Gasteiger partial charge in [0.25, 0.3) is 0 Å². The topological polar surface area (TPSA) is 75.6 Å². The van der Waals surface area contributed by atoms with Crippen molar-refractivity contribution < 1.29 is 19.4 Å². The fraction of sp³-hybridized carbons (Fsp3) is 0.857. The highest BCUT2D eigenvalue weighted by molar-refractivity contribution is 5.80. The molecule has 2 fully saturated rings. The fourth-order valence-corrected chi connectivity index (χ4v) is 3.26. The van der Waals surface area contributed by atoms with Gasteiger partial charge in [-0.15, -0.1) is 0 Å². The normalized spacial score (nSPS) is 30.4. The molecule has 0 bridgehead atoms. The first-order valence-electron chi connectivity index (χ1n) is 7.00. The number of carboxylic acids is 1. The van der Waals surface area contributed by atoms with Gasteiger partial charge in [0.05, 0.1) is 0 Å². The molecule has 0 radical (unpaired) electrons. The zero-order valence-corrected chi connectivity index (χ0v) is 11.8. The van der Waals surface area contributed by atoms with Crippen LogP contribution >= 0.6 is 0 Å². The lowest BCUT2D eigenvalue weighted by atomic mass is 10.0. The third-order valence-corrected chi connectivity index (χ3v) is 4.08. The van der Waals surface area contributed by atoms with Crippen molar-refractivity contribution >= 4 is 12.1 Å². The first kappa shape index (κ1) is 14.2. The predicted octanol–water partition coefficient (Wildman–Crippen LogP) is 2.40. The second kappa shape index (κ2) is 5.02. The number of hydrogen-bond donors (Lipinski definition) is 2. The number of alkyl carbamates (subject to hydrolysis) is 1.